The highest BCUT2D eigenvalue weighted by molar-refractivity contribution is 5.07. The zero-order valence-electron chi connectivity index (χ0n) is 10.3. The van der Waals surface area contributed by atoms with Crippen LogP contribution in [-0.4, -0.2) is 21.3 Å². The van der Waals surface area contributed by atoms with Crippen molar-refractivity contribution in [3.63, 3.8) is 0 Å². The molecule has 4 heteroatoms. The third kappa shape index (κ3) is 3.39. The van der Waals surface area contributed by atoms with Gasteiger partial charge in [-0.2, -0.15) is 5.10 Å². The van der Waals surface area contributed by atoms with Gasteiger partial charge in [-0.15, -0.1) is 0 Å². The number of aryl methyl sites for hydroxylation is 1. The van der Waals surface area contributed by atoms with Crippen molar-refractivity contribution in [2.24, 2.45) is 0 Å². The number of pyridine rings is 1. The Bertz CT molecular complexity index is 449. The van der Waals surface area contributed by atoms with Gasteiger partial charge >= 0.3 is 0 Å². The van der Waals surface area contributed by atoms with E-state index in [0.29, 0.717) is 0 Å². The molecule has 0 amide bonds. The molecule has 0 spiro atoms. The quantitative estimate of drug-likeness (QED) is 0.853. The maximum Gasteiger partial charge on any atom is 0.0570 e. The van der Waals surface area contributed by atoms with Crippen LogP contribution >= 0.6 is 0 Å². The molecule has 17 heavy (non-hydrogen) atoms. The van der Waals surface area contributed by atoms with Gasteiger partial charge in [0.05, 0.1) is 18.4 Å². The molecule has 0 aliphatic rings. The van der Waals surface area contributed by atoms with Crippen LogP contribution in [0.1, 0.15) is 24.2 Å². The Morgan fingerprint density at radius 1 is 1.41 bits per heavy atom. The van der Waals surface area contributed by atoms with E-state index in [-0.39, 0.29) is 6.04 Å². The summed E-state index contributed by atoms with van der Waals surface area (Å²) in [6.45, 7) is 5.94. The minimum Gasteiger partial charge on any atom is -0.307 e. The second-order valence-electron chi connectivity index (χ2n) is 4.21. The summed E-state index contributed by atoms with van der Waals surface area (Å²) >= 11 is 0. The molecule has 4 nitrogen and oxygen atoms in total. The van der Waals surface area contributed by atoms with Crippen molar-refractivity contribution in [3.8, 4) is 0 Å². The molecule has 2 rings (SSSR count). The van der Waals surface area contributed by atoms with E-state index in [1.807, 2.05) is 48.4 Å². The fraction of sp³-hybridized carbons (Fsp3) is 0.385. The minimum atomic E-state index is 0.271. The number of hydrogen-bond donors (Lipinski definition) is 1. The van der Waals surface area contributed by atoms with Gasteiger partial charge in [0.15, 0.2) is 0 Å². The smallest absolute Gasteiger partial charge is 0.0570 e. The second-order valence-corrected chi connectivity index (χ2v) is 4.21. The van der Waals surface area contributed by atoms with Gasteiger partial charge in [0.1, 0.15) is 0 Å². The lowest BCUT2D eigenvalue weighted by Crippen LogP contribution is -2.24. The summed E-state index contributed by atoms with van der Waals surface area (Å²) in [5.74, 6) is 0. The maximum atomic E-state index is 4.32. The predicted octanol–water partition coefficient (Wildman–Crippen LogP) is 1.94. The Labute approximate surface area is 102 Å². The molecule has 0 radical (unpaired) electrons. The highest BCUT2D eigenvalue weighted by Crippen LogP contribution is 2.07. The lowest BCUT2D eigenvalue weighted by Gasteiger charge is -2.12. The van der Waals surface area contributed by atoms with Gasteiger partial charge in [-0.05, 0) is 31.5 Å². The number of nitrogens with one attached hydrogen (secondary N) is 1. The van der Waals surface area contributed by atoms with Crippen LogP contribution in [0.5, 0.6) is 0 Å². The fourth-order valence-electron chi connectivity index (χ4n) is 1.72. The van der Waals surface area contributed by atoms with E-state index >= 15 is 0 Å². The van der Waals surface area contributed by atoms with E-state index in [0.717, 1.165) is 18.8 Å². The van der Waals surface area contributed by atoms with Gasteiger partial charge in [-0.3, -0.25) is 9.67 Å². The second kappa shape index (κ2) is 5.59. The normalized spacial score (nSPS) is 12.6. The number of hydrogen-bond acceptors (Lipinski definition) is 3. The minimum absolute atomic E-state index is 0.271. The Morgan fingerprint density at radius 3 is 2.94 bits per heavy atom. The molecule has 2 aromatic heterocycles. The summed E-state index contributed by atoms with van der Waals surface area (Å²) in [5, 5.41) is 7.68. The lowest BCUT2D eigenvalue weighted by molar-refractivity contribution is 0.501. The van der Waals surface area contributed by atoms with Crippen LogP contribution in [0.3, 0.4) is 0 Å². The molecule has 0 fully saturated rings. The van der Waals surface area contributed by atoms with Crippen molar-refractivity contribution in [1.29, 1.82) is 0 Å². The van der Waals surface area contributed by atoms with Crippen molar-refractivity contribution < 1.29 is 0 Å². The highest BCUT2D eigenvalue weighted by Gasteiger charge is 2.04. The first-order valence-corrected chi connectivity index (χ1v) is 5.89. The van der Waals surface area contributed by atoms with Crippen molar-refractivity contribution in [2.45, 2.75) is 26.4 Å². The SMILES string of the molecule is Cc1cnn(CCNC(C)c2ccccn2)c1. The molecule has 1 atom stereocenters. The fourth-order valence-corrected chi connectivity index (χ4v) is 1.72. The standard InChI is InChI=1S/C13H18N4/c1-11-9-16-17(10-11)8-7-14-12(2)13-5-3-4-6-15-13/h3-6,9-10,12,14H,7-8H2,1-2H3. The zero-order valence-corrected chi connectivity index (χ0v) is 10.3. The van der Waals surface area contributed by atoms with Gasteiger partial charge in [-0.1, -0.05) is 6.07 Å². The maximum absolute atomic E-state index is 4.32. The van der Waals surface area contributed by atoms with Crippen molar-refractivity contribution in [3.05, 3.63) is 48.0 Å². The first-order chi connectivity index (χ1) is 8.25. The van der Waals surface area contributed by atoms with Crippen LogP contribution < -0.4 is 5.32 Å². The number of rotatable bonds is 5. The average Bonchev–Trinajstić information content (AvgIpc) is 2.76. The Balaban J connectivity index is 1.79. The molecule has 1 unspecified atom stereocenters. The van der Waals surface area contributed by atoms with Gasteiger partial charge in [0.2, 0.25) is 0 Å². The molecule has 0 aromatic carbocycles. The van der Waals surface area contributed by atoms with E-state index in [1.165, 1.54) is 5.56 Å². The summed E-state index contributed by atoms with van der Waals surface area (Å²) in [6.07, 6.45) is 5.75. The third-order valence-corrected chi connectivity index (χ3v) is 2.69. The first kappa shape index (κ1) is 11.8. The Morgan fingerprint density at radius 2 is 2.29 bits per heavy atom. The molecule has 0 saturated heterocycles. The van der Waals surface area contributed by atoms with Gasteiger partial charge in [0, 0.05) is 25.0 Å². The number of aromatic nitrogens is 3. The van der Waals surface area contributed by atoms with Crippen LogP contribution in [0.15, 0.2) is 36.8 Å². The molecular weight excluding hydrogens is 212 g/mol. The topological polar surface area (TPSA) is 42.7 Å². The zero-order chi connectivity index (χ0) is 12.1. The van der Waals surface area contributed by atoms with Crippen LogP contribution in [-0.2, 0) is 6.54 Å². The van der Waals surface area contributed by atoms with Gasteiger partial charge < -0.3 is 5.32 Å². The predicted molar refractivity (Wildman–Crippen MR) is 67.6 cm³/mol. The lowest BCUT2D eigenvalue weighted by atomic mass is 10.2. The van der Waals surface area contributed by atoms with Crippen molar-refractivity contribution in [1.82, 2.24) is 20.1 Å². The third-order valence-electron chi connectivity index (χ3n) is 2.69. The average molecular weight is 230 g/mol. The van der Waals surface area contributed by atoms with E-state index in [1.54, 1.807) is 0 Å². The summed E-state index contributed by atoms with van der Waals surface area (Å²) < 4.78 is 1.95. The monoisotopic (exact) mass is 230 g/mol. The van der Waals surface area contributed by atoms with Crippen LogP contribution in [0.25, 0.3) is 0 Å². The van der Waals surface area contributed by atoms with E-state index < -0.39 is 0 Å². The largest absolute Gasteiger partial charge is 0.307 e. The molecule has 1 N–H and O–H groups in total. The van der Waals surface area contributed by atoms with E-state index in [2.05, 4.69) is 22.3 Å². The summed E-state index contributed by atoms with van der Waals surface area (Å²) in [6, 6.07) is 6.25. The molecule has 0 bridgehead atoms. The summed E-state index contributed by atoms with van der Waals surface area (Å²) in [5.41, 5.74) is 2.27. The first-order valence-electron chi connectivity index (χ1n) is 5.89. The molecule has 2 heterocycles. The molecule has 2 aromatic rings. The Kier molecular flexibility index (Phi) is 3.88. The van der Waals surface area contributed by atoms with Crippen molar-refractivity contribution >= 4 is 0 Å². The van der Waals surface area contributed by atoms with Gasteiger partial charge in [0.25, 0.3) is 0 Å². The summed E-state index contributed by atoms with van der Waals surface area (Å²) in [4.78, 5) is 4.32. The molecule has 0 aliphatic heterocycles. The molecule has 0 aliphatic carbocycles. The molecule has 0 saturated carbocycles. The van der Waals surface area contributed by atoms with E-state index in [4.69, 9.17) is 0 Å². The number of nitrogens with zero attached hydrogens (tertiary/aromatic N) is 3. The van der Waals surface area contributed by atoms with E-state index in [9.17, 15) is 0 Å². The summed E-state index contributed by atoms with van der Waals surface area (Å²) in [7, 11) is 0. The van der Waals surface area contributed by atoms with Gasteiger partial charge in [-0.25, -0.2) is 0 Å². The highest BCUT2D eigenvalue weighted by atomic mass is 15.3. The van der Waals surface area contributed by atoms with Crippen molar-refractivity contribution in [2.75, 3.05) is 6.54 Å². The van der Waals surface area contributed by atoms with Crippen LogP contribution in [0, 0.1) is 6.92 Å². The van der Waals surface area contributed by atoms with Crippen LogP contribution in [0.4, 0.5) is 0 Å². The van der Waals surface area contributed by atoms with Crippen LogP contribution in [0.2, 0.25) is 0 Å². The Hall–Kier alpha value is -1.68. The molecule has 90 valence electrons. The molecular formula is C13H18N4.